The first-order valence-electron chi connectivity index (χ1n) is 3.38. The van der Waals surface area contributed by atoms with Crippen LogP contribution in [0.1, 0.15) is 15.9 Å². The van der Waals surface area contributed by atoms with Crippen LogP contribution in [-0.2, 0) is 6.18 Å². The van der Waals surface area contributed by atoms with Gasteiger partial charge in [0.05, 0.1) is 5.56 Å². The standard InChI is InChI=1S/C8H6F3NO.2ClH/c9-8(10,11)6-3-1-2-5(4-6)7(12)13;;/h1-4H,(H2,12,13);2*1H. The number of alkyl halides is 3. The van der Waals surface area contributed by atoms with Crippen LogP contribution in [-0.4, -0.2) is 5.91 Å². The largest absolute Gasteiger partial charge is 0.416 e. The number of nitrogens with two attached hydrogens (primary N) is 1. The van der Waals surface area contributed by atoms with Crippen LogP contribution in [0.5, 0.6) is 0 Å². The van der Waals surface area contributed by atoms with Crippen molar-refractivity contribution in [2.24, 2.45) is 5.73 Å². The summed E-state index contributed by atoms with van der Waals surface area (Å²) < 4.78 is 36.2. The van der Waals surface area contributed by atoms with Crippen molar-refractivity contribution in [1.29, 1.82) is 0 Å². The van der Waals surface area contributed by atoms with Gasteiger partial charge in [0.2, 0.25) is 5.91 Å². The lowest BCUT2D eigenvalue weighted by atomic mass is 10.1. The molecule has 0 aliphatic carbocycles. The zero-order valence-corrected chi connectivity index (χ0v) is 8.88. The lowest BCUT2D eigenvalue weighted by Gasteiger charge is -2.06. The van der Waals surface area contributed by atoms with Gasteiger partial charge in [0.15, 0.2) is 0 Å². The third-order valence-electron chi connectivity index (χ3n) is 1.47. The van der Waals surface area contributed by atoms with E-state index in [2.05, 4.69) is 0 Å². The highest BCUT2D eigenvalue weighted by molar-refractivity contribution is 5.92. The van der Waals surface area contributed by atoms with Gasteiger partial charge in [0.1, 0.15) is 0 Å². The van der Waals surface area contributed by atoms with Crippen LogP contribution in [0, 0.1) is 0 Å². The van der Waals surface area contributed by atoms with E-state index in [9.17, 15) is 18.0 Å². The first kappa shape index (κ1) is 16.5. The maximum atomic E-state index is 12.1. The summed E-state index contributed by atoms with van der Waals surface area (Å²) in [6, 6.07) is 3.98. The number of hydrogen-bond donors (Lipinski definition) is 1. The minimum absolute atomic E-state index is 0. The zero-order valence-electron chi connectivity index (χ0n) is 7.25. The fourth-order valence-corrected chi connectivity index (χ4v) is 0.849. The van der Waals surface area contributed by atoms with E-state index in [1.165, 1.54) is 6.07 Å². The van der Waals surface area contributed by atoms with Gasteiger partial charge in [0.25, 0.3) is 0 Å². The van der Waals surface area contributed by atoms with Crippen LogP contribution in [0.2, 0.25) is 0 Å². The number of carbonyl (C=O) groups excluding carboxylic acids is 1. The second-order valence-electron chi connectivity index (χ2n) is 2.44. The molecule has 0 aliphatic rings. The summed E-state index contributed by atoms with van der Waals surface area (Å²) in [5, 5.41) is 0. The van der Waals surface area contributed by atoms with Gasteiger partial charge >= 0.3 is 6.18 Å². The number of benzene rings is 1. The molecule has 0 saturated heterocycles. The van der Waals surface area contributed by atoms with E-state index in [0.29, 0.717) is 0 Å². The van der Waals surface area contributed by atoms with E-state index < -0.39 is 17.6 Å². The molecule has 1 aromatic carbocycles. The van der Waals surface area contributed by atoms with Crippen LogP contribution in [0.25, 0.3) is 0 Å². The Bertz CT molecular complexity index is 341. The Labute approximate surface area is 96.5 Å². The van der Waals surface area contributed by atoms with E-state index >= 15 is 0 Å². The third-order valence-corrected chi connectivity index (χ3v) is 1.47. The van der Waals surface area contributed by atoms with Crippen molar-refractivity contribution in [3.05, 3.63) is 35.4 Å². The number of hydrogen-bond acceptors (Lipinski definition) is 1. The van der Waals surface area contributed by atoms with Gasteiger partial charge in [-0.15, -0.1) is 24.8 Å². The minimum Gasteiger partial charge on any atom is -0.366 e. The van der Waals surface area contributed by atoms with Crippen LogP contribution < -0.4 is 5.73 Å². The molecular weight excluding hydrogens is 254 g/mol. The first-order chi connectivity index (χ1) is 5.91. The molecule has 0 fully saturated rings. The quantitative estimate of drug-likeness (QED) is 0.830. The fourth-order valence-electron chi connectivity index (χ4n) is 0.849. The predicted molar refractivity (Wildman–Crippen MR) is 54.5 cm³/mol. The van der Waals surface area contributed by atoms with Crippen molar-refractivity contribution < 1.29 is 18.0 Å². The van der Waals surface area contributed by atoms with Gasteiger partial charge < -0.3 is 5.73 Å². The summed E-state index contributed by atoms with van der Waals surface area (Å²) in [7, 11) is 0. The van der Waals surface area contributed by atoms with Crippen molar-refractivity contribution in [2.45, 2.75) is 6.18 Å². The number of amides is 1. The Balaban J connectivity index is 0. The molecule has 0 aliphatic heterocycles. The molecule has 0 bridgehead atoms. The van der Waals surface area contributed by atoms with E-state index in [0.717, 1.165) is 18.2 Å². The molecule has 0 unspecified atom stereocenters. The molecule has 15 heavy (non-hydrogen) atoms. The van der Waals surface area contributed by atoms with Crippen molar-refractivity contribution >= 4 is 30.7 Å². The molecule has 2 nitrogen and oxygen atoms in total. The highest BCUT2D eigenvalue weighted by Crippen LogP contribution is 2.29. The predicted octanol–water partition coefficient (Wildman–Crippen LogP) is 2.65. The molecule has 2 N–H and O–H groups in total. The Morgan fingerprint density at radius 2 is 1.73 bits per heavy atom. The number of rotatable bonds is 1. The van der Waals surface area contributed by atoms with E-state index in [1.807, 2.05) is 0 Å². The molecule has 1 rings (SSSR count). The van der Waals surface area contributed by atoms with Crippen LogP contribution in [0.4, 0.5) is 13.2 Å². The van der Waals surface area contributed by atoms with Crippen molar-refractivity contribution in [1.82, 2.24) is 0 Å². The summed E-state index contributed by atoms with van der Waals surface area (Å²) in [5.41, 5.74) is 3.80. The lowest BCUT2D eigenvalue weighted by Crippen LogP contribution is -2.13. The topological polar surface area (TPSA) is 43.1 Å². The molecule has 0 radical (unpaired) electrons. The molecule has 0 spiro atoms. The normalized spacial score (nSPS) is 9.80. The average Bonchev–Trinajstić information content (AvgIpc) is 2.03. The second kappa shape index (κ2) is 5.82. The summed E-state index contributed by atoms with van der Waals surface area (Å²) in [6.07, 6.45) is -4.44. The Morgan fingerprint density at radius 3 is 2.13 bits per heavy atom. The second-order valence-corrected chi connectivity index (χ2v) is 2.44. The Kier molecular flexibility index (Phi) is 6.40. The summed E-state index contributed by atoms with van der Waals surface area (Å²) in [4.78, 5) is 10.5. The van der Waals surface area contributed by atoms with Crippen molar-refractivity contribution in [2.75, 3.05) is 0 Å². The molecule has 0 aromatic heterocycles. The van der Waals surface area contributed by atoms with Crippen LogP contribution in [0.3, 0.4) is 0 Å². The van der Waals surface area contributed by atoms with Crippen molar-refractivity contribution in [3.8, 4) is 0 Å². The molecule has 1 aromatic rings. The molecular formula is C8H8Cl2F3NO. The maximum absolute atomic E-state index is 12.1. The van der Waals surface area contributed by atoms with Gasteiger partial charge in [-0.2, -0.15) is 13.2 Å². The summed E-state index contributed by atoms with van der Waals surface area (Å²) in [6.45, 7) is 0. The van der Waals surface area contributed by atoms with Gasteiger partial charge in [-0.3, -0.25) is 4.79 Å². The highest BCUT2D eigenvalue weighted by Gasteiger charge is 2.30. The maximum Gasteiger partial charge on any atom is 0.416 e. The molecule has 0 saturated carbocycles. The number of carbonyl (C=O) groups is 1. The Hall–Kier alpha value is -0.940. The molecule has 7 heteroatoms. The minimum atomic E-state index is -4.44. The van der Waals surface area contributed by atoms with Gasteiger partial charge in [-0.05, 0) is 18.2 Å². The first-order valence-corrected chi connectivity index (χ1v) is 3.38. The molecule has 0 atom stereocenters. The van der Waals surface area contributed by atoms with E-state index in [1.54, 1.807) is 0 Å². The molecule has 86 valence electrons. The lowest BCUT2D eigenvalue weighted by molar-refractivity contribution is -0.137. The molecule has 1 amide bonds. The smallest absolute Gasteiger partial charge is 0.366 e. The summed E-state index contributed by atoms with van der Waals surface area (Å²) in [5.74, 6) is -0.869. The number of halogens is 5. The fraction of sp³-hybridized carbons (Fsp3) is 0.125. The van der Waals surface area contributed by atoms with E-state index in [4.69, 9.17) is 5.73 Å². The number of primary amides is 1. The van der Waals surface area contributed by atoms with Crippen LogP contribution >= 0.6 is 24.8 Å². The van der Waals surface area contributed by atoms with E-state index in [-0.39, 0.29) is 30.4 Å². The average molecular weight is 262 g/mol. The highest BCUT2D eigenvalue weighted by atomic mass is 35.5. The van der Waals surface area contributed by atoms with Crippen LogP contribution in [0.15, 0.2) is 24.3 Å². The van der Waals surface area contributed by atoms with Crippen molar-refractivity contribution in [3.63, 3.8) is 0 Å². The van der Waals surface area contributed by atoms with Gasteiger partial charge in [-0.25, -0.2) is 0 Å². The van der Waals surface area contributed by atoms with Gasteiger partial charge in [-0.1, -0.05) is 6.07 Å². The third kappa shape index (κ3) is 4.40. The zero-order chi connectivity index (χ0) is 10.1. The SMILES string of the molecule is Cl.Cl.NC(=O)c1cccc(C(F)(F)F)c1. The van der Waals surface area contributed by atoms with Gasteiger partial charge in [0, 0.05) is 5.56 Å². The monoisotopic (exact) mass is 261 g/mol. The molecule has 0 heterocycles. The summed E-state index contributed by atoms with van der Waals surface area (Å²) >= 11 is 0. The Morgan fingerprint density at radius 1 is 1.20 bits per heavy atom.